The molecule has 1 rings (SSSR count). The van der Waals surface area contributed by atoms with Crippen molar-refractivity contribution in [1.82, 2.24) is 9.97 Å². The van der Waals surface area contributed by atoms with Crippen molar-refractivity contribution in [3.63, 3.8) is 0 Å². The molecule has 0 spiro atoms. The lowest BCUT2D eigenvalue weighted by atomic mass is 10.1. The minimum Gasteiger partial charge on any atom is -0.370 e. The van der Waals surface area contributed by atoms with E-state index >= 15 is 0 Å². The van der Waals surface area contributed by atoms with Crippen LogP contribution in [0.15, 0.2) is 6.20 Å². The number of nitrogens with one attached hydrogen (secondary N) is 2. The van der Waals surface area contributed by atoms with Crippen molar-refractivity contribution < 1.29 is 0 Å². The Morgan fingerprint density at radius 3 is 2.56 bits per heavy atom. The van der Waals surface area contributed by atoms with E-state index in [1.54, 1.807) is 0 Å². The summed E-state index contributed by atoms with van der Waals surface area (Å²) < 4.78 is 0. The molecule has 4 heteroatoms. The predicted octanol–water partition coefficient (Wildman–Crippen LogP) is 3.60. The molecule has 0 saturated carbocycles. The molecule has 4 nitrogen and oxygen atoms in total. The standard InChI is InChI=1S/C14H26N4/c1-4-5-6-7-8-9-10-16-13-12(2)11-17-14(15-3)18-13/h11H,4-10H2,1-3H3,(H2,15,16,17,18). The van der Waals surface area contributed by atoms with Gasteiger partial charge in [-0.1, -0.05) is 39.0 Å². The van der Waals surface area contributed by atoms with Crippen LogP contribution in [0.4, 0.5) is 11.8 Å². The van der Waals surface area contributed by atoms with Crippen molar-refractivity contribution in [3.8, 4) is 0 Å². The summed E-state index contributed by atoms with van der Waals surface area (Å²) in [6.07, 6.45) is 9.75. The van der Waals surface area contributed by atoms with Gasteiger partial charge in [0.1, 0.15) is 5.82 Å². The van der Waals surface area contributed by atoms with Gasteiger partial charge in [-0.2, -0.15) is 4.98 Å². The zero-order valence-corrected chi connectivity index (χ0v) is 11.9. The quantitative estimate of drug-likeness (QED) is 0.657. The Labute approximate surface area is 111 Å². The number of anilines is 2. The van der Waals surface area contributed by atoms with E-state index in [1.165, 1.54) is 38.5 Å². The highest BCUT2D eigenvalue weighted by Gasteiger charge is 2.01. The van der Waals surface area contributed by atoms with E-state index in [2.05, 4.69) is 27.5 Å². The topological polar surface area (TPSA) is 49.8 Å². The van der Waals surface area contributed by atoms with Gasteiger partial charge in [0, 0.05) is 25.4 Å². The molecule has 0 aliphatic rings. The molecule has 0 saturated heterocycles. The minimum absolute atomic E-state index is 0.672. The summed E-state index contributed by atoms with van der Waals surface area (Å²) in [5, 5.41) is 6.34. The van der Waals surface area contributed by atoms with Crippen molar-refractivity contribution in [1.29, 1.82) is 0 Å². The summed E-state index contributed by atoms with van der Waals surface area (Å²) in [4.78, 5) is 8.58. The maximum absolute atomic E-state index is 4.40. The third kappa shape index (κ3) is 5.34. The third-order valence-electron chi connectivity index (χ3n) is 3.02. The van der Waals surface area contributed by atoms with Gasteiger partial charge in [-0.25, -0.2) is 4.98 Å². The number of hydrogen-bond acceptors (Lipinski definition) is 4. The number of nitrogens with zero attached hydrogens (tertiary/aromatic N) is 2. The fourth-order valence-corrected chi connectivity index (χ4v) is 1.85. The van der Waals surface area contributed by atoms with Crippen molar-refractivity contribution in [2.75, 3.05) is 24.2 Å². The molecule has 1 aromatic heterocycles. The predicted molar refractivity (Wildman–Crippen MR) is 78.2 cm³/mol. The van der Waals surface area contributed by atoms with Crippen LogP contribution in [0.3, 0.4) is 0 Å². The molecule has 0 aliphatic heterocycles. The van der Waals surface area contributed by atoms with E-state index in [0.29, 0.717) is 5.95 Å². The Kier molecular flexibility index (Phi) is 7.14. The Morgan fingerprint density at radius 2 is 1.83 bits per heavy atom. The van der Waals surface area contributed by atoms with E-state index in [9.17, 15) is 0 Å². The van der Waals surface area contributed by atoms with Gasteiger partial charge in [0.05, 0.1) is 0 Å². The summed E-state index contributed by atoms with van der Waals surface area (Å²) in [5.74, 6) is 1.62. The Morgan fingerprint density at radius 1 is 1.11 bits per heavy atom. The largest absolute Gasteiger partial charge is 0.370 e. The highest BCUT2D eigenvalue weighted by atomic mass is 15.1. The molecule has 1 aromatic rings. The lowest BCUT2D eigenvalue weighted by Gasteiger charge is -2.09. The molecule has 0 fully saturated rings. The zero-order valence-electron chi connectivity index (χ0n) is 11.9. The molecular weight excluding hydrogens is 224 g/mol. The van der Waals surface area contributed by atoms with E-state index in [4.69, 9.17) is 0 Å². The van der Waals surface area contributed by atoms with Crippen LogP contribution < -0.4 is 10.6 Å². The molecule has 0 aromatic carbocycles. The fraction of sp³-hybridized carbons (Fsp3) is 0.714. The Bertz CT molecular complexity index is 339. The number of aromatic nitrogens is 2. The molecule has 0 amide bonds. The Hall–Kier alpha value is -1.32. The van der Waals surface area contributed by atoms with Gasteiger partial charge in [-0.05, 0) is 13.3 Å². The summed E-state index contributed by atoms with van der Waals surface area (Å²) >= 11 is 0. The second-order valence-corrected chi connectivity index (χ2v) is 4.67. The summed E-state index contributed by atoms with van der Waals surface area (Å²) in [5.41, 5.74) is 1.10. The zero-order chi connectivity index (χ0) is 13.2. The smallest absolute Gasteiger partial charge is 0.224 e. The van der Waals surface area contributed by atoms with Crippen LogP contribution in [0, 0.1) is 6.92 Å². The van der Waals surface area contributed by atoms with Gasteiger partial charge < -0.3 is 10.6 Å². The SMILES string of the molecule is CCCCCCCCNc1nc(NC)ncc1C. The molecule has 0 radical (unpaired) electrons. The van der Waals surface area contributed by atoms with Crippen LogP contribution in [-0.2, 0) is 0 Å². The average molecular weight is 250 g/mol. The first-order chi connectivity index (χ1) is 8.77. The van der Waals surface area contributed by atoms with Gasteiger partial charge in [-0.15, -0.1) is 0 Å². The van der Waals surface area contributed by atoms with Crippen LogP contribution in [0.25, 0.3) is 0 Å². The molecular formula is C14H26N4. The monoisotopic (exact) mass is 250 g/mol. The fourth-order valence-electron chi connectivity index (χ4n) is 1.85. The lowest BCUT2D eigenvalue weighted by molar-refractivity contribution is 0.616. The van der Waals surface area contributed by atoms with E-state index < -0.39 is 0 Å². The van der Waals surface area contributed by atoms with Gasteiger partial charge in [0.2, 0.25) is 5.95 Å². The molecule has 0 bridgehead atoms. The molecule has 1 heterocycles. The van der Waals surface area contributed by atoms with Crippen LogP contribution >= 0.6 is 0 Å². The minimum atomic E-state index is 0.672. The van der Waals surface area contributed by atoms with Crippen LogP contribution in [-0.4, -0.2) is 23.6 Å². The second kappa shape index (κ2) is 8.72. The average Bonchev–Trinajstić information content (AvgIpc) is 2.39. The lowest BCUT2D eigenvalue weighted by Crippen LogP contribution is -2.07. The number of rotatable bonds is 9. The molecule has 0 atom stereocenters. The highest BCUT2D eigenvalue weighted by Crippen LogP contribution is 2.12. The van der Waals surface area contributed by atoms with Gasteiger partial charge in [0.15, 0.2) is 0 Å². The third-order valence-corrected chi connectivity index (χ3v) is 3.02. The number of hydrogen-bond donors (Lipinski definition) is 2. The van der Waals surface area contributed by atoms with Crippen molar-refractivity contribution in [2.45, 2.75) is 52.4 Å². The van der Waals surface area contributed by atoms with Gasteiger partial charge >= 0.3 is 0 Å². The van der Waals surface area contributed by atoms with Crippen LogP contribution in [0.1, 0.15) is 51.0 Å². The molecule has 18 heavy (non-hydrogen) atoms. The van der Waals surface area contributed by atoms with Gasteiger partial charge in [-0.3, -0.25) is 0 Å². The highest BCUT2D eigenvalue weighted by molar-refractivity contribution is 5.46. The first-order valence-electron chi connectivity index (χ1n) is 7.03. The summed E-state index contributed by atoms with van der Waals surface area (Å²) in [6.45, 7) is 5.27. The van der Waals surface area contributed by atoms with Crippen molar-refractivity contribution in [3.05, 3.63) is 11.8 Å². The van der Waals surface area contributed by atoms with E-state index in [1.807, 2.05) is 20.2 Å². The molecule has 2 N–H and O–H groups in total. The van der Waals surface area contributed by atoms with E-state index in [-0.39, 0.29) is 0 Å². The normalized spacial score (nSPS) is 10.4. The van der Waals surface area contributed by atoms with Crippen LogP contribution in [0.5, 0.6) is 0 Å². The number of aryl methyl sites for hydroxylation is 1. The first kappa shape index (κ1) is 14.7. The molecule has 0 unspecified atom stereocenters. The summed E-state index contributed by atoms with van der Waals surface area (Å²) in [6, 6.07) is 0. The van der Waals surface area contributed by atoms with E-state index in [0.717, 1.165) is 17.9 Å². The molecule has 102 valence electrons. The van der Waals surface area contributed by atoms with Crippen LogP contribution in [0.2, 0.25) is 0 Å². The number of unbranched alkanes of at least 4 members (excludes halogenated alkanes) is 5. The molecule has 0 aliphatic carbocycles. The second-order valence-electron chi connectivity index (χ2n) is 4.67. The summed E-state index contributed by atoms with van der Waals surface area (Å²) in [7, 11) is 1.84. The first-order valence-corrected chi connectivity index (χ1v) is 7.03. The van der Waals surface area contributed by atoms with Crippen molar-refractivity contribution in [2.24, 2.45) is 0 Å². The Balaban J connectivity index is 2.22. The van der Waals surface area contributed by atoms with Gasteiger partial charge in [0.25, 0.3) is 0 Å². The maximum Gasteiger partial charge on any atom is 0.224 e. The van der Waals surface area contributed by atoms with Crippen molar-refractivity contribution >= 4 is 11.8 Å². The maximum atomic E-state index is 4.40.